The van der Waals surface area contributed by atoms with Crippen LogP contribution in [0.5, 0.6) is 11.5 Å². The first-order valence-electron chi connectivity index (χ1n) is 6.17. The summed E-state index contributed by atoms with van der Waals surface area (Å²) in [7, 11) is 3.21. The molecular weight excluding hydrogens is 230 g/mol. The lowest BCUT2D eigenvalue weighted by atomic mass is 10.0. The van der Waals surface area contributed by atoms with Gasteiger partial charge in [0.25, 0.3) is 0 Å². The van der Waals surface area contributed by atoms with Crippen LogP contribution in [-0.4, -0.2) is 20.1 Å². The summed E-state index contributed by atoms with van der Waals surface area (Å²) in [5.74, 6) is 1.42. The third-order valence-corrected chi connectivity index (χ3v) is 2.87. The minimum atomic E-state index is 0.0113. The fourth-order valence-corrected chi connectivity index (χ4v) is 1.79. The molecule has 4 heteroatoms. The van der Waals surface area contributed by atoms with Crippen molar-refractivity contribution in [2.75, 3.05) is 14.2 Å². The SMILES string of the molecule is CCC(=O)NC(CC)c1ccc(OC)c(OC)c1. The highest BCUT2D eigenvalue weighted by molar-refractivity contribution is 5.76. The van der Waals surface area contributed by atoms with Crippen LogP contribution in [0.15, 0.2) is 18.2 Å². The molecule has 0 aromatic heterocycles. The van der Waals surface area contributed by atoms with Gasteiger partial charge in [0.15, 0.2) is 11.5 Å². The predicted octanol–water partition coefficient (Wildman–Crippen LogP) is 2.68. The molecule has 100 valence electrons. The predicted molar refractivity (Wildman–Crippen MR) is 71.0 cm³/mol. The standard InChI is InChI=1S/C14H21NO3/c1-5-11(15-14(16)6-2)10-7-8-12(17-3)13(9-10)18-4/h7-9,11H,5-6H2,1-4H3,(H,15,16). The van der Waals surface area contributed by atoms with E-state index in [1.54, 1.807) is 14.2 Å². The van der Waals surface area contributed by atoms with Crippen molar-refractivity contribution in [2.24, 2.45) is 0 Å². The monoisotopic (exact) mass is 251 g/mol. The molecule has 0 aliphatic heterocycles. The second-order valence-corrected chi connectivity index (χ2v) is 4.00. The topological polar surface area (TPSA) is 47.6 Å². The maximum atomic E-state index is 11.5. The summed E-state index contributed by atoms with van der Waals surface area (Å²) in [6.07, 6.45) is 1.32. The zero-order chi connectivity index (χ0) is 13.5. The minimum absolute atomic E-state index is 0.0113. The number of hydrogen-bond acceptors (Lipinski definition) is 3. The average molecular weight is 251 g/mol. The summed E-state index contributed by atoms with van der Waals surface area (Å²) >= 11 is 0. The van der Waals surface area contributed by atoms with Crippen LogP contribution < -0.4 is 14.8 Å². The van der Waals surface area contributed by atoms with E-state index in [1.165, 1.54) is 0 Å². The molecule has 1 amide bonds. The Kier molecular flexibility index (Phi) is 5.49. The van der Waals surface area contributed by atoms with Gasteiger partial charge in [-0.15, -0.1) is 0 Å². The van der Waals surface area contributed by atoms with Crippen molar-refractivity contribution in [2.45, 2.75) is 32.7 Å². The van der Waals surface area contributed by atoms with E-state index in [4.69, 9.17) is 9.47 Å². The molecular formula is C14H21NO3. The fraction of sp³-hybridized carbons (Fsp3) is 0.500. The molecule has 0 fully saturated rings. The van der Waals surface area contributed by atoms with E-state index in [0.717, 1.165) is 12.0 Å². The summed E-state index contributed by atoms with van der Waals surface area (Å²) in [4.78, 5) is 11.5. The lowest BCUT2D eigenvalue weighted by Crippen LogP contribution is -2.27. The van der Waals surface area contributed by atoms with Crippen LogP contribution in [0.3, 0.4) is 0 Å². The molecule has 1 rings (SSSR count). The van der Waals surface area contributed by atoms with Crippen LogP contribution in [-0.2, 0) is 4.79 Å². The molecule has 1 atom stereocenters. The molecule has 1 unspecified atom stereocenters. The van der Waals surface area contributed by atoms with E-state index >= 15 is 0 Å². The maximum Gasteiger partial charge on any atom is 0.220 e. The number of hydrogen-bond donors (Lipinski definition) is 1. The van der Waals surface area contributed by atoms with E-state index in [-0.39, 0.29) is 11.9 Å². The van der Waals surface area contributed by atoms with E-state index in [1.807, 2.05) is 32.0 Å². The highest BCUT2D eigenvalue weighted by atomic mass is 16.5. The Labute approximate surface area is 108 Å². The number of benzene rings is 1. The zero-order valence-electron chi connectivity index (χ0n) is 11.4. The van der Waals surface area contributed by atoms with Crippen LogP contribution in [0.2, 0.25) is 0 Å². The van der Waals surface area contributed by atoms with Crippen LogP contribution >= 0.6 is 0 Å². The van der Waals surface area contributed by atoms with Crippen molar-refractivity contribution in [3.05, 3.63) is 23.8 Å². The fourth-order valence-electron chi connectivity index (χ4n) is 1.79. The molecule has 0 aliphatic rings. The zero-order valence-corrected chi connectivity index (χ0v) is 11.4. The molecule has 1 aromatic rings. The van der Waals surface area contributed by atoms with Crippen molar-refractivity contribution in [3.8, 4) is 11.5 Å². The van der Waals surface area contributed by atoms with E-state index in [0.29, 0.717) is 17.9 Å². The molecule has 4 nitrogen and oxygen atoms in total. The second kappa shape index (κ2) is 6.89. The molecule has 0 bridgehead atoms. The highest BCUT2D eigenvalue weighted by Gasteiger charge is 2.14. The molecule has 0 aliphatic carbocycles. The average Bonchev–Trinajstić information content (AvgIpc) is 2.43. The van der Waals surface area contributed by atoms with Gasteiger partial charge in [0.05, 0.1) is 20.3 Å². The summed E-state index contributed by atoms with van der Waals surface area (Å²) in [5.41, 5.74) is 1.02. The summed E-state index contributed by atoms with van der Waals surface area (Å²) in [6, 6.07) is 5.72. The number of carbonyl (C=O) groups is 1. The van der Waals surface area contributed by atoms with Crippen molar-refractivity contribution in [1.29, 1.82) is 0 Å². The number of amides is 1. The summed E-state index contributed by atoms with van der Waals surface area (Å²) < 4.78 is 10.5. The molecule has 18 heavy (non-hydrogen) atoms. The number of methoxy groups -OCH3 is 2. The van der Waals surface area contributed by atoms with Gasteiger partial charge >= 0.3 is 0 Å². The van der Waals surface area contributed by atoms with Gasteiger partial charge in [-0.25, -0.2) is 0 Å². The number of carbonyl (C=O) groups excluding carboxylic acids is 1. The molecule has 0 saturated carbocycles. The van der Waals surface area contributed by atoms with Gasteiger partial charge < -0.3 is 14.8 Å². The number of nitrogens with one attached hydrogen (secondary N) is 1. The molecule has 1 aromatic carbocycles. The third kappa shape index (κ3) is 3.39. The molecule has 0 radical (unpaired) electrons. The van der Waals surface area contributed by atoms with Gasteiger partial charge in [-0.05, 0) is 24.1 Å². The largest absolute Gasteiger partial charge is 0.493 e. The molecule has 0 heterocycles. The van der Waals surface area contributed by atoms with Crippen molar-refractivity contribution < 1.29 is 14.3 Å². The summed E-state index contributed by atoms with van der Waals surface area (Å²) in [5, 5.41) is 2.99. The van der Waals surface area contributed by atoms with Crippen LogP contribution in [0, 0.1) is 0 Å². The Morgan fingerprint density at radius 1 is 1.22 bits per heavy atom. The Balaban J connectivity index is 2.95. The Bertz CT molecular complexity index is 404. The van der Waals surface area contributed by atoms with Crippen LogP contribution in [0.1, 0.15) is 38.3 Å². The van der Waals surface area contributed by atoms with Crippen molar-refractivity contribution in [1.82, 2.24) is 5.32 Å². The van der Waals surface area contributed by atoms with Crippen molar-refractivity contribution >= 4 is 5.91 Å². The van der Waals surface area contributed by atoms with Gasteiger partial charge in [0, 0.05) is 6.42 Å². The normalized spacial score (nSPS) is 11.8. The first-order chi connectivity index (χ1) is 8.65. The van der Waals surface area contributed by atoms with Crippen LogP contribution in [0.4, 0.5) is 0 Å². The third-order valence-electron chi connectivity index (χ3n) is 2.87. The summed E-state index contributed by atoms with van der Waals surface area (Å²) in [6.45, 7) is 3.88. The smallest absolute Gasteiger partial charge is 0.220 e. The van der Waals surface area contributed by atoms with Crippen molar-refractivity contribution in [3.63, 3.8) is 0 Å². The van der Waals surface area contributed by atoms with Gasteiger partial charge in [-0.1, -0.05) is 19.9 Å². The number of ether oxygens (including phenoxy) is 2. The van der Waals surface area contributed by atoms with Gasteiger partial charge in [0.1, 0.15) is 0 Å². The maximum absolute atomic E-state index is 11.5. The molecule has 1 N–H and O–H groups in total. The van der Waals surface area contributed by atoms with E-state index in [9.17, 15) is 4.79 Å². The Morgan fingerprint density at radius 3 is 2.39 bits per heavy atom. The lowest BCUT2D eigenvalue weighted by molar-refractivity contribution is -0.121. The van der Waals surface area contributed by atoms with Gasteiger partial charge in [-0.3, -0.25) is 4.79 Å². The van der Waals surface area contributed by atoms with E-state index < -0.39 is 0 Å². The first kappa shape index (κ1) is 14.4. The lowest BCUT2D eigenvalue weighted by Gasteiger charge is -2.18. The number of rotatable bonds is 6. The van der Waals surface area contributed by atoms with E-state index in [2.05, 4.69) is 5.32 Å². The Morgan fingerprint density at radius 2 is 1.89 bits per heavy atom. The molecule has 0 saturated heterocycles. The quantitative estimate of drug-likeness (QED) is 0.845. The van der Waals surface area contributed by atoms with Gasteiger partial charge in [0.2, 0.25) is 5.91 Å². The molecule has 0 spiro atoms. The second-order valence-electron chi connectivity index (χ2n) is 4.00. The van der Waals surface area contributed by atoms with Crippen LogP contribution in [0.25, 0.3) is 0 Å². The minimum Gasteiger partial charge on any atom is -0.493 e. The Hall–Kier alpha value is -1.71. The van der Waals surface area contributed by atoms with Gasteiger partial charge in [-0.2, -0.15) is 0 Å². The highest BCUT2D eigenvalue weighted by Crippen LogP contribution is 2.30. The first-order valence-corrected chi connectivity index (χ1v) is 6.17.